The van der Waals surface area contributed by atoms with Gasteiger partial charge in [0.2, 0.25) is 5.85 Å². The summed E-state index contributed by atoms with van der Waals surface area (Å²) in [6.45, 7) is 6.55. The predicted octanol–water partition coefficient (Wildman–Crippen LogP) is 5.77. The Morgan fingerprint density at radius 3 is 2.38 bits per heavy atom. The molecule has 2 aliphatic heterocycles. The Balaban J connectivity index is 1.26. The van der Waals surface area contributed by atoms with E-state index in [1.54, 1.807) is 18.3 Å². The summed E-state index contributed by atoms with van der Waals surface area (Å²) in [4.78, 5) is 48.3. The Morgan fingerprint density at radius 2 is 1.70 bits per heavy atom. The van der Waals surface area contributed by atoms with Crippen molar-refractivity contribution in [2.24, 2.45) is 5.92 Å². The van der Waals surface area contributed by atoms with Gasteiger partial charge >= 0.3 is 5.97 Å². The number of carboxylic acids is 1. The van der Waals surface area contributed by atoms with Crippen LogP contribution in [0.5, 0.6) is 0 Å². The van der Waals surface area contributed by atoms with Crippen molar-refractivity contribution in [2.45, 2.75) is 83.0 Å². The highest BCUT2D eigenvalue weighted by Crippen LogP contribution is 2.37. The molecule has 2 saturated heterocycles. The zero-order valence-electron chi connectivity index (χ0n) is 27.0. The Kier molecular flexibility index (Phi) is 10.2. The first-order valence-electron chi connectivity index (χ1n) is 16.7. The number of pyridine rings is 1. The summed E-state index contributed by atoms with van der Waals surface area (Å²) in [6.07, 6.45) is 5.40. The van der Waals surface area contributed by atoms with Gasteiger partial charge in [0.1, 0.15) is 5.69 Å². The third-order valence-electron chi connectivity index (χ3n) is 9.64. The number of ketones is 1. The minimum Gasteiger partial charge on any atom is -0.481 e. The number of aliphatic carboxylic acids is 1. The summed E-state index contributed by atoms with van der Waals surface area (Å²) in [5, 5.41) is 14.4. The van der Waals surface area contributed by atoms with Crippen molar-refractivity contribution in [1.29, 1.82) is 0 Å². The Bertz CT molecular complexity index is 1610. The summed E-state index contributed by atoms with van der Waals surface area (Å²) in [5.41, 5.74) is 1.44. The first kappa shape index (κ1) is 33.5. The molecule has 0 spiro atoms. The number of anilines is 1. The van der Waals surface area contributed by atoms with Crippen molar-refractivity contribution in [3.05, 3.63) is 71.0 Å². The molecule has 0 radical (unpaired) electrons. The number of carbonyl (C=O) groups excluding carboxylic acids is 2. The van der Waals surface area contributed by atoms with Crippen LogP contribution in [0.1, 0.15) is 68.4 Å². The van der Waals surface area contributed by atoms with Crippen LogP contribution < -0.4 is 5.32 Å². The standard InChI is InChI=1S/C36H43ClN4O6/c1-23-21-41(22-24(2)46-23)36(40-17-5-6-18-40,47-28-12-10-27(11-13-28)35(44)45)32(42)20-25-9-14-31(30(37)19-25)39-34(43)33-29-8-4-3-7-26(29)15-16-38-33/h3-4,7-9,14-16,19,23-24,27-28H,5-6,10-13,17-18,20-22H2,1-2H3,(H,39,43)(H,44,45)/t23-,24+,27?,28?,36?. The highest BCUT2D eigenvalue weighted by Gasteiger charge is 2.54. The number of carboxylic acid groups (broad SMARTS) is 1. The van der Waals surface area contributed by atoms with E-state index < -0.39 is 11.8 Å². The van der Waals surface area contributed by atoms with Gasteiger partial charge in [0, 0.05) is 44.2 Å². The Hall–Kier alpha value is -3.41. The van der Waals surface area contributed by atoms with Crippen LogP contribution in [0.25, 0.3) is 10.8 Å². The second kappa shape index (κ2) is 14.4. The first-order chi connectivity index (χ1) is 22.6. The molecule has 3 aromatic rings. The van der Waals surface area contributed by atoms with Gasteiger partial charge in [-0.15, -0.1) is 0 Å². The van der Waals surface area contributed by atoms with Gasteiger partial charge in [0.05, 0.1) is 34.9 Å². The molecule has 11 heteroatoms. The van der Waals surface area contributed by atoms with Gasteiger partial charge in [-0.05, 0) is 81.5 Å². The molecule has 47 heavy (non-hydrogen) atoms. The highest BCUT2D eigenvalue weighted by molar-refractivity contribution is 6.34. The number of hydrogen-bond donors (Lipinski definition) is 2. The monoisotopic (exact) mass is 662 g/mol. The van der Waals surface area contributed by atoms with E-state index in [1.165, 1.54) is 0 Å². The lowest BCUT2D eigenvalue weighted by molar-refractivity contribution is -0.274. The van der Waals surface area contributed by atoms with E-state index >= 15 is 0 Å². The Labute approximate surface area is 280 Å². The van der Waals surface area contributed by atoms with Crippen molar-refractivity contribution >= 4 is 45.7 Å². The molecular formula is C36H43ClN4O6. The third kappa shape index (κ3) is 7.22. The van der Waals surface area contributed by atoms with Gasteiger partial charge in [-0.3, -0.25) is 29.2 Å². The molecule has 3 heterocycles. The molecule has 1 saturated carbocycles. The number of ether oxygens (including phenoxy) is 2. The molecule has 2 N–H and O–H groups in total. The largest absolute Gasteiger partial charge is 0.481 e. The van der Waals surface area contributed by atoms with E-state index in [0.29, 0.717) is 60.7 Å². The van der Waals surface area contributed by atoms with Crippen LogP contribution in [-0.2, 0) is 25.5 Å². The number of morpholine rings is 1. The van der Waals surface area contributed by atoms with Crippen molar-refractivity contribution in [3.8, 4) is 0 Å². The number of rotatable bonds is 10. The molecule has 3 atom stereocenters. The lowest BCUT2D eigenvalue weighted by Gasteiger charge is -2.52. The van der Waals surface area contributed by atoms with Gasteiger partial charge in [-0.1, -0.05) is 41.9 Å². The number of carbonyl (C=O) groups is 3. The lowest BCUT2D eigenvalue weighted by Crippen LogP contribution is -2.71. The van der Waals surface area contributed by atoms with E-state index in [-0.39, 0.29) is 42.3 Å². The number of nitrogens with one attached hydrogen (secondary N) is 1. The fraction of sp³-hybridized carbons (Fsp3) is 0.500. The van der Waals surface area contributed by atoms with Crippen LogP contribution >= 0.6 is 11.6 Å². The van der Waals surface area contributed by atoms with Gasteiger partial charge < -0.3 is 19.9 Å². The fourth-order valence-electron chi connectivity index (χ4n) is 7.43. The van der Waals surface area contributed by atoms with Gasteiger partial charge in [0.25, 0.3) is 5.91 Å². The van der Waals surface area contributed by atoms with Crippen molar-refractivity contribution in [3.63, 3.8) is 0 Å². The number of Topliss-reactive ketones (excluding diaryl/α,β-unsaturated/α-hetero) is 1. The minimum atomic E-state index is -1.32. The van der Waals surface area contributed by atoms with Crippen LogP contribution in [0.3, 0.4) is 0 Å². The van der Waals surface area contributed by atoms with Crippen molar-refractivity contribution in [1.82, 2.24) is 14.8 Å². The average molecular weight is 663 g/mol. The zero-order valence-corrected chi connectivity index (χ0v) is 27.7. The summed E-state index contributed by atoms with van der Waals surface area (Å²) in [6, 6.07) is 14.7. The van der Waals surface area contributed by atoms with Gasteiger partial charge in [-0.25, -0.2) is 0 Å². The normalized spacial score (nSPS) is 25.3. The van der Waals surface area contributed by atoms with E-state index in [1.807, 2.05) is 50.2 Å². The van der Waals surface area contributed by atoms with Crippen LogP contribution in [-0.4, -0.2) is 87.9 Å². The SMILES string of the molecule is C[C@@H]1CN(C(OC2CCC(C(=O)O)CC2)(C(=O)Cc2ccc(NC(=O)c3nccc4ccccc34)c(Cl)c2)N2CCCC2)C[C@H](C)O1. The van der Waals surface area contributed by atoms with E-state index in [0.717, 1.165) is 36.7 Å². The predicted molar refractivity (Wildman–Crippen MR) is 179 cm³/mol. The average Bonchev–Trinajstić information content (AvgIpc) is 3.60. The van der Waals surface area contributed by atoms with Crippen molar-refractivity contribution < 1.29 is 29.0 Å². The molecule has 10 nitrogen and oxygen atoms in total. The minimum absolute atomic E-state index is 0.0694. The molecule has 0 bridgehead atoms. The lowest BCUT2D eigenvalue weighted by atomic mass is 9.87. The highest BCUT2D eigenvalue weighted by atomic mass is 35.5. The fourth-order valence-corrected chi connectivity index (χ4v) is 7.68. The number of aromatic nitrogens is 1. The van der Waals surface area contributed by atoms with Crippen LogP contribution in [0, 0.1) is 5.92 Å². The number of amides is 1. The van der Waals surface area contributed by atoms with Crippen LogP contribution in [0.2, 0.25) is 5.02 Å². The van der Waals surface area contributed by atoms with Gasteiger partial charge in [0.15, 0.2) is 5.78 Å². The maximum absolute atomic E-state index is 14.8. The first-order valence-corrected chi connectivity index (χ1v) is 17.0. The molecule has 1 unspecified atom stereocenters. The third-order valence-corrected chi connectivity index (χ3v) is 9.95. The number of benzene rings is 2. The number of halogens is 1. The molecule has 250 valence electrons. The molecule has 1 amide bonds. The Morgan fingerprint density at radius 1 is 1.00 bits per heavy atom. The molecular weight excluding hydrogens is 620 g/mol. The summed E-state index contributed by atoms with van der Waals surface area (Å²) < 4.78 is 13.1. The van der Waals surface area contributed by atoms with Crippen LogP contribution in [0.15, 0.2) is 54.7 Å². The number of likely N-dealkylation sites (tertiary alicyclic amines) is 1. The van der Waals surface area contributed by atoms with E-state index in [9.17, 15) is 19.5 Å². The van der Waals surface area contributed by atoms with E-state index in [2.05, 4.69) is 20.1 Å². The smallest absolute Gasteiger partial charge is 0.306 e. The molecule has 3 fully saturated rings. The van der Waals surface area contributed by atoms with Crippen molar-refractivity contribution in [2.75, 3.05) is 31.5 Å². The van der Waals surface area contributed by atoms with Crippen LogP contribution in [0.4, 0.5) is 5.69 Å². The molecule has 2 aromatic carbocycles. The maximum Gasteiger partial charge on any atom is 0.306 e. The molecule has 3 aliphatic rings. The summed E-state index contributed by atoms with van der Waals surface area (Å²) in [7, 11) is 0. The maximum atomic E-state index is 14.8. The quantitative estimate of drug-likeness (QED) is 0.279. The molecule has 1 aliphatic carbocycles. The molecule has 6 rings (SSSR count). The number of hydrogen-bond acceptors (Lipinski definition) is 8. The second-order valence-corrected chi connectivity index (χ2v) is 13.6. The van der Waals surface area contributed by atoms with Gasteiger partial charge in [-0.2, -0.15) is 0 Å². The second-order valence-electron chi connectivity index (χ2n) is 13.1. The van der Waals surface area contributed by atoms with E-state index in [4.69, 9.17) is 21.1 Å². The summed E-state index contributed by atoms with van der Waals surface area (Å²) in [5.74, 6) is -2.93. The molecule has 1 aromatic heterocycles. The zero-order chi connectivity index (χ0) is 33.1. The summed E-state index contributed by atoms with van der Waals surface area (Å²) >= 11 is 6.72. The topological polar surface area (TPSA) is 121 Å². The number of nitrogens with zero attached hydrogens (tertiary/aromatic N) is 3. The number of fused-ring (bicyclic) bond motifs is 1.